The summed E-state index contributed by atoms with van der Waals surface area (Å²) in [5.41, 5.74) is -0.0328. The number of benzene rings is 1. The zero-order valence-electron chi connectivity index (χ0n) is 12.5. The fourth-order valence-electron chi connectivity index (χ4n) is 2.58. The van der Waals surface area contributed by atoms with Crippen LogP contribution in [0.3, 0.4) is 0 Å². The van der Waals surface area contributed by atoms with Crippen molar-refractivity contribution in [1.82, 2.24) is 0 Å². The van der Waals surface area contributed by atoms with E-state index in [1.54, 1.807) is 11.8 Å². The summed E-state index contributed by atoms with van der Waals surface area (Å²) in [6.07, 6.45) is 1.98. The first-order valence-corrected chi connectivity index (χ1v) is 8.45. The summed E-state index contributed by atoms with van der Waals surface area (Å²) >= 11 is 7.44. The van der Waals surface area contributed by atoms with Crippen LogP contribution >= 0.6 is 23.4 Å². The number of ether oxygens (including phenoxy) is 1. The molecule has 0 amide bonds. The van der Waals surface area contributed by atoms with Crippen molar-refractivity contribution in [3.63, 3.8) is 0 Å². The molecule has 1 aromatic rings. The molecular weight excluding hydrogens is 338 g/mol. The van der Waals surface area contributed by atoms with E-state index < -0.39 is 11.9 Å². The molecular formula is C16H16ClNO4S. The molecule has 0 bridgehead atoms. The fourth-order valence-corrected chi connectivity index (χ4v) is 3.69. The minimum Gasteiger partial charge on any atom is -0.468 e. The van der Waals surface area contributed by atoms with Crippen LogP contribution in [0.4, 0.5) is 0 Å². The Kier molecular flexibility index (Phi) is 6.36. The van der Waals surface area contributed by atoms with Crippen LogP contribution in [0.5, 0.6) is 0 Å². The van der Waals surface area contributed by atoms with Gasteiger partial charge in [-0.2, -0.15) is 0 Å². The van der Waals surface area contributed by atoms with Crippen molar-refractivity contribution in [2.24, 2.45) is 17.0 Å². The van der Waals surface area contributed by atoms with Crippen LogP contribution in [0, 0.1) is 16.7 Å². The lowest BCUT2D eigenvalue weighted by molar-refractivity contribution is -0.146. The van der Waals surface area contributed by atoms with Gasteiger partial charge in [-0.25, -0.2) is 0 Å². The van der Waals surface area contributed by atoms with Crippen LogP contribution < -0.4 is 0 Å². The maximum atomic E-state index is 11.9. The Labute approximate surface area is 143 Å². The summed E-state index contributed by atoms with van der Waals surface area (Å²) in [5.74, 6) is -1.03. The average Bonchev–Trinajstić information content (AvgIpc) is 2.55. The Balaban J connectivity index is 2.02. The van der Waals surface area contributed by atoms with Gasteiger partial charge in [0.1, 0.15) is 11.6 Å². The van der Waals surface area contributed by atoms with Crippen molar-refractivity contribution in [3.8, 4) is 0 Å². The Hall–Kier alpha value is -1.66. The van der Waals surface area contributed by atoms with Crippen molar-refractivity contribution in [3.05, 3.63) is 46.0 Å². The highest BCUT2D eigenvalue weighted by Crippen LogP contribution is 2.35. The van der Waals surface area contributed by atoms with E-state index in [0.717, 1.165) is 11.0 Å². The number of rotatable bonds is 6. The van der Waals surface area contributed by atoms with Crippen LogP contribution in [0.2, 0.25) is 5.02 Å². The first-order chi connectivity index (χ1) is 11.0. The maximum Gasteiger partial charge on any atom is 0.315 e. The molecule has 122 valence electrons. The quantitative estimate of drug-likeness (QED) is 0.441. The smallest absolute Gasteiger partial charge is 0.315 e. The predicted molar refractivity (Wildman–Crippen MR) is 89.3 cm³/mol. The second kappa shape index (κ2) is 8.26. The van der Waals surface area contributed by atoms with Gasteiger partial charge in [0.2, 0.25) is 0 Å². The van der Waals surface area contributed by atoms with E-state index >= 15 is 0 Å². The number of nitrogens with zero attached hydrogens (tertiary/aromatic N) is 1. The summed E-state index contributed by atoms with van der Waals surface area (Å²) in [6, 6.07) is 7.44. The molecule has 2 atom stereocenters. The molecule has 0 spiro atoms. The summed E-state index contributed by atoms with van der Waals surface area (Å²) in [6.45, 7) is 0. The number of halogens is 1. The van der Waals surface area contributed by atoms with Crippen molar-refractivity contribution < 1.29 is 14.3 Å². The van der Waals surface area contributed by atoms with Crippen LogP contribution in [-0.2, 0) is 14.3 Å². The fraction of sp³-hybridized carbons (Fsp3) is 0.375. The molecule has 5 nitrogen and oxygen atoms in total. The minimum atomic E-state index is -0.763. The molecule has 1 aliphatic rings. The number of hydrogen-bond acceptors (Lipinski definition) is 6. The number of thioether (sulfide) groups is 1. The Morgan fingerprint density at radius 1 is 1.39 bits per heavy atom. The SMILES string of the molecule is COC(=O)C1C(N=O)=CC(=O)CC1CCSc1ccc(Cl)cc1. The number of allylic oxidation sites excluding steroid dienone is 1. The van der Waals surface area contributed by atoms with E-state index in [9.17, 15) is 14.5 Å². The van der Waals surface area contributed by atoms with E-state index in [4.69, 9.17) is 16.3 Å². The summed E-state index contributed by atoms with van der Waals surface area (Å²) < 4.78 is 4.75. The van der Waals surface area contributed by atoms with Gasteiger partial charge in [-0.3, -0.25) is 9.59 Å². The molecule has 0 fully saturated rings. The normalized spacial score (nSPS) is 20.8. The average molecular weight is 354 g/mol. The number of ketones is 1. The molecule has 1 aromatic carbocycles. The molecule has 0 saturated carbocycles. The van der Waals surface area contributed by atoms with E-state index in [1.165, 1.54) is 7.11 Å². The highest BCUT2D eigenvalue weighted by molar-refractivity contribution is 7.99. The van der Waals surface area contributed by atoms with E-state index in [0.29, 0.717) is 17.2 Å². The van der Waals surface area contributed by atoms with Gasteiger partial charge >= 0.3 is 5.97 Å². The van der Waals surface area contributed by atoms with E-state index in [1.807, 2.05) is 24.3 Å². The van der Waals surface area contributed by atoms with Gasteiger partial charge < -0.3 is 4.74 Å². The summed E-state index contributed by atoms with van der Waals surface area (Å²) in [4.78, 5) is 35.6. The molecule has 1 aliphatic carbocycles. The van der Waals surface area contributed by atoms with Gasteiger partial charge in [0, 0.05) is 22.4 Å². The van der Waals surface area contributed by atoms with Gasteiger partial charge in [0.25, 0.3) is 0 Å². The summed E-state index contributed by atoms with van der Waals surface area (Å²) in [5, 5.41) is 3.51. The molecule has 0 N–H and O–H groups in total. The number of hydrogen-bond donors (Lipinski definition) is 0. The monoisotopic (exact) mass is 353 g/mol. The molecule has 0 heterocycles. The second-order valence-electron chi connectivity index (χ2n) is 5.18. The van der Waals surface area contributed by atoms with E-state index in [-0.39, 0.29) is 23.8 Å². The standard InChI is InChI=1S/C16H16ClNO4S/c1-22-16(20)15-10(8-12(19)9-14(15)18-21)6-7-23-13-4-2-11(17)3-5-13/h2-5,9-10,15H,6-8H2,1H3. The Morgan fingerprint density at radius 2 is 2.09 bits per heavy atom. The predicted octanol–water partition coefficient (Wildman–Crippen LogP) is 3.85. The summed E-state index contributed by atoms with van der Waals surface area (Å²) in [7, 11) is 1.26. The molecule has 0 saturated heterocycles. The van der Waals surface area contributed by atoms with Gasteiger partial charge in [-0.05, 0) is 47.5 Å². The molecule has 0 radical (unpaired) electrons. The third-order valence-electron chi connectivity index (χ3n) is 3.69. The number of carbonyl (C=O) groups is 2. The molecule has 2 rings (SSSR count). The third-order valence-corrected chi connectivity index (χ3v) is 4.99. The topological polar surface area (TPSA) is 72.8 Å². The van der Waals surface area contributed by atoms with Crippen molar-refractivity contribution >= 4 is 35.1 Å². The molecule has 0 aliphatic heterocycles. The maximum absolute atomic E-state index is 11.9. The molecule has 23 heavy (non-hydrogen) atoms. The minimum absolute atomic E-state index is 0.0328. The molecule has 0 aromatic heterocycles. The largest absolute Gasteiger partial charge is 0.468 e. The lowest BCUT2D eigenvalue weighted by atomic mass is 9.79. The van der Waals surface area contributed by atoms with E-state index in [2.05, 4.69) is 5.18 Å². The van der Waals surface area contributed by atoms with Gasteiger partial charge in [0.15, 0.2) is 5.78 Å². The van der Waals surface area contributed by atoms with Crippen LogP contribution in [0.25, 0.3) is 0 Å². The lowest BCUT2D eigenvalue weighted by Gasteiger charge is -2.26. The van der Waals surface area contributed by atoms with Crippen LogP contribution in [0.1, 0.15) is 12.8 Å². The Bertz CT molecular complexity index is 629. The first-order valence-electron chi connectivity index (χ1n) is 7.09. The Morgan fingerprint density at radius 3 is 2.70 bits per heavy atom. The number of methoxy groups -OCH3 is 1. The van der Waals surface area contributed by atoms with Gasteiger partial charge in [-0.15, -0.1) is 16.7 Å². The number of esters is 1. The van der Waals surface area contributed by atoms with Crippen molar-refractivity contribution in [1.29, 1.82) is 0 Å². The first kappa shape index (κ1) is 17.7. The van der Waals surface area contributed by atoms with Crippen LogP contribution in [-0.4, -0.2) is 24.6 Å². The lowest BCUT2D eigenvalue weighted by Crippen LogP contribution is -2.32. The zero-order chi connectivity index (χ0) is 16.8. The number of carbonyl (C=O) groups excluding carboxylic acids is 2. The number of nitroso groups, excluding NO2 is 1. The highest BCUT2D eigenvalue weighted by atomic mass is 35.5. The highest BCUT2D eigenvalue weighted by Gasteiger charge is 2.38. The zero-order valence-corrected chi connectivity index (χ0v) is 14.1. The second-order valence-corrected chi connectivity index (χ2v) is 6.79. The van der Waals surface area contributed by atoms with Gasteiger partial charge in [-0.1, -0.05) is 11.6 Å². The van der Waals surface area contributed by atoms with Crippen LogP contribution in [0.15, 0.2) is 46.1 Å². The molecule has 7 heteroatoms. The van der Waals surface area contributed by atoms with Crippen molar-refractivity contribution in [2.75, 3.05) is 12.9 Å². The third kappa shape index (κ3) is 4.65. The van der Waals surface area contributed by atoms with Crippen molar-refractivity contribution in [2.45, 2.75) is 17.7 Å². The molecule has 2 unspecified atom stereocenters. The van der Waals surface area contributed by atoms with Gasteiger partial charge in [0.05, 0.1) is 7.11 Å².